The summed E-state index contributed by atoms with van der Waals surface area (Å²) in [6.07, 6.45) is 2.37. The Morgan fingerprint density at radius 3 is 2.67 bits per heavy atom. The molecule has 3 aromatic heterocycles. The van der Waals surface area contributed by atoms with Crippen LogP contribution in [-0.4, -0.2) is 35.7 Å². The minimum absolute atomic E-state index is 0.106. The van der Waals surface area contributed by atoms with Gasteiger partial charge in [0.1, 0.15) is 11.3 Å². The number of amides is 1. The maximum Gasteiger partial charge on any atom is 0.252 e. The summed E-state index contributed by atoms with van der Waals surface area (Å²) in [6.45, 7) is 8.22. The molecule has 0 bridgehead atoms. The summed E-state index contributed by atoms with van der Waals surface area (Å²) in [7, 11) is 0. The monoisotopic (exact) mass is 421 g/mol. The third kappa shape index (κ3) is 4.06. The first-order chi connectivity index (χ1) is 14.4. The van der Waals surface area contributed by atoms with Crippen LogP contribution in [-0.2, 0) is 11.2 Å². The zero-order chi connectivity index (χ0) is 21.3. The van der Waals surface area contributed by atoms with Crippen LogP contribution in [0.4, 0.5) is 5.13 Å². The van der Waals surface area contributed by atoms with E-state index in [1.807, 2.05) is 26.0 Å². The highest BCUT2D eigenvalue weighted by Crippen LogP contribution is 2.28. The van der Waals surface area contributed by atoms with E-state index in [1.54, 1.807) is 4.52 Å². The Balaban J connectivity index is 1.40. The Kier molecular flexibility index (Phi) is 5.54. The number of hydrogen-bond acceptors (Lipinski definition) is 7. The second kappa shape index (κ2) is 8.27. The fraction of sp³-hybridized carbons (Fsp3) is 0.333. The molecule has 1 aromatic carbocycles. The van der Waals surface area contributed by atoms with Gasteiger partial charge in [-0.3, -0.25) is 4.79 Å². The maximum absolute atomic E-state index is 12.5. The van der Waals surface area contributed by atoms with Crippen molar-refractivity contribution in [2.75, 3.05) is 5.32 Å². The van der Waals surface area contributed by atoms with Crippen LogP contribution < -0.4 is 5.32 Å². The zero-order valence-electron chi connectivity index (χ0n) is 17.4. The Morgan fingerprint density at radius 2 is 1.93 bits per heavy atom. The molecule has 0 saturated heterocycles. The number of aromatic nitrogens is 6. The van der Waals surface area contributed by atoms with E-state index in [1.165, 1.54) is 23.2 Å². The lowest BCUT2D eigenvalue weighted by atomic mass is 10.0. The Morgan fingerprint density at radius 1 is 1.17 bits per heavy atom. The SMILES string of the molecule is Cc1nc2ncnn2c(C)c1CCC(=O)Nc1nnc(-c2ccc(C(C)C)cc2)s1. The Bertz CT molecular complexity index is 1190. The van der Waals surface area contributed by atoms with Crippen LogP contribution in [0.3, 0.4) is 0 Å². The molecule has 0 atom stereocenters. The molecular formula is C21H23N7OS. The van der Waals surface area contributed by atoms with Gasteiger partial charge in [-0.25, -0.2) is 9.50 Å². The van der Waals surface area contributed by atoms with Gasteiger partial charge < -0.3 is 5.32 Å². The minimum Gasteiger partial charge on any atom is -0.301 e. The van der Waals surface area contributed by atoms with Crippen LogP contribution in [0.1, 0.15) is 48.7 Å². The highest BCUT2D eigenvalue weighted by molar-refractivity contribution is 7.18. The average Bonchev–Trinajstić information content (AvgIpc) is 3.37. The van der Waals surface area contributed by atoms with E-state index in [-0.39, 0.29) is 5.91 Å². The van der Waals surface area contributed by atoms with E-state index in [0.717, 1.165) is 27.5 Å². The molecule has 154 valence electrons. The van der Waals surface area contributed by atoms with E-state index in [0.29, 0.717) is 29.7 Å². The van der Waals surface area contributed by atoms with Gasteiger partial charge in [0.25, 0.3) is 5.78 Å². The van der Waals surface area contributed by atoms with Crippen molar-refractivity contribution in [2.45, 2.75) is 46.5 Å². The van der Waals surface area contributed by atoms with Crippen molar-refractivity contribution in [3.05, 3.63) is 53.1 Å². The van der Waals surface area contributed by atoms with E-state index in [9.17, 15) is 4.79 Å². The summed E-state index contributed by atoms with van der Waals surface area (Å²) < 4.78 is 1.70. The van der Waals surface area contributed by atoms with Crippen molar-refractivity contribution < 1.29 is 4.79 Å². The zero-order valence-corrected chi connectivity index (χ0v) is 18.2. The topological polar surface area (TPSA) is 98.0 Å². The Hall–Kier alpha value is -3.20. The minimum atomic E-state index is -0.106. The third-order valence-corrected chi connectivity index (χ3v) is 5.97. The molecule has 9 heteroatoms. The van der Waals surface area contributed by atoms with Crippen LogP contribution in [0, 0.1) is 13.8 Å². The highest BCUT2D eigenvalue weighted by atomic mass is 32.1. The van der Waals surface area contributed by atoms with Crippen molar-refractivity contribution in [1.82, 2.24) is 29.8 Å². The number of nitrogens with zero attached hydrogens (tertiary/aromatic N) is 6. The number of rotatable bonds is 6. The predicted octanol–water partition coefficient (Wildman–Crippen LogP) is 3.95. The van der Waals surface area contributed by atoms with Crippen molar-refractivity contribution in [2.24, 2.45) is 0 Å². The summed E-state index contributed by atoms with van der Waals surface area (Å²) in [6, 6.07) is 8.29. The molecule has 8 nitrogen and oxygen atoms in total. The predicted molar refractivity (Wildman–Crippen MR) is 117 cm³/mol. The van der Waals surface area contributed by atoms with Crippen molar-refractivity contribution in [3.63, 3.8) is 0 Å². The first-order valence-corrected chi connectivity index (χ1v) is 10.6. The molecular weight excluding hydrogens is 398 g/mol. The third-order valence-electron chi connectivity index (χ3n) is 5.09. The van der Waals surface area contributed by atoms with E-state index >= 15 is 0 Å². The van der Waals surface area contributed by atoms with Gasteiger partial charge in [0.2, 0.25) is 11.0 Å². The number of fused-ring (bicyclic) bond motifs is 1. The molecule has 30 heavy (non-hydrogen) atoms. The summed E-state index contributed by atoms with van der Waals surface area (Å²) in [4.78, 5) is 21.0. The van der Waals surface area contributed by atoms with Gasteiger partial charge in [0.05, 0.1) is 0 Å². The first kappa shape index (κ1) is 20.1. The molecule has 0 aliphatic rings. The van der Waals surface area contributed by atoms with Crippen molar-refractivity contribution in [3.8, 4) is 10.6 Å². The van der Waals surface area contributed by atoms with Crippen LogP contribution >= 0.6 is 11.3 Å². The highest BCUT2D eigenvalue weighted by Gasteiger charge is 2.14. The van der Waals surface area contributed by atoms with Crippen LogP contribution in [0.2, 0.25) is 0 Å². The van der Waals surface area contributed by atoms with Crippen LogP contribution in [0.15, 0.2) is 30.6 Å². The quantitative estimate of drug-likeness (QED) is 0.506. The molecule has 0 spiro atoms. The van der Waals surface area contributed by atoms with Gasteiger partial charge in [0, 0.05) is 23.4 Å². The number of hydrogen-bond donors (Lipinski definition) is 1. The summed E-state index contributed by atoms with van der Waals surface area (Å²) in [5.74, 6) is 0.947. The fourth-order valence-electron chi connectivity index (χ4n) is 3.34. The number of carbonyl (C=O) groups excluding carboxylic acids is 1. The van der Waals surface area contributed by atoms with Gasteiger partial charge in [-0.2, -0.15) is 10.1 Å². The standard InChI is InChI=1S/C21H23N7OS/c1-12(2)15-5-7-16(8-6-15)19-26-27-21(30-19)25-18(29)10-9-17-13(3)24-20-22-11-23-28(20)14(17)4/h5-8,11-12H,9-10H2,1-4H3,(H,25,27,29). The van der Waals surface area contributed by atoms with Gasteiger partial charge in [-0.1, -0.05) is 49.4 Å². The van der Waals surface area contributed by atoms with Gasteiger partial charge in [-0.05, 0) is 37.3 Å². The summed E-state index contributed by atoms with van der Waals surface area (Å²) in [5, 5.41) is 16.7. The largest absolute Gasteiger partial charge is 0.301 e. The molecule has 3 heterocycles. The average molecular weight is 422 g/mol. The molecule has 0 saturated carbocycles. The molecule has 0 aliphatic heterocycles. The lowest BCUT2D eigenvalue weighted by molar-refractivity contribution is -0.116. The molecule has 4 rings (SSSR count). The Labute approximate surface area is 178 Å². The van der Waals surface area contributed by atoms with E-state index < -0.39 is 0 Å². The smallest absolute Gasteiger partial charge is 0.252 e. The van der Waals surface area contributed by atoms with Crippen LogP contribution in [0.25, 0.3) is 16.3 Å². The molecule has 0 fully saturated rings. The summed E-state index contributed by atoms with van der Waals surface area (Å²) >= 11 is 1.37. The fourth-order valence-corrected chi connectivity index (χ4v) is 4.10. The van der Waals surface area contributed by atoms with Crippen LogP contribution in [0.5, 0.6) is 0 Å². The lowest BCUT2D eigenvalue weighted by Crippen LogP contribution is -2.14. The number of aryl methyl sites for hydroxylation is 2. The van der Waals surface area contributed by atoms with Gasteiger partial charge in [-0.15, -0.1) is 10.2 Å². The maximum atomic E-state index is 12.5. The van der Waals surface area contributed by atoms with Gasteiger partial charge >= 0.3 is 0 Å². The molecule has 1 N–H and O–H groups in total. The van der Waals surface area contributed by atoms with Gasteiger partial charge in [0.15, 0.2) is 0 Å². The molecule has 0 aliphatic carbocycles. The number of nitrogens with one attached hydrogen (secondary N) is 1. The van der Waals surface area contributed by atoms with Crippen molar-refractivity contribution in [1.29, 1.82) is 0 Å². The molecule has 1 amide bonds. The molecule has 0 unspecified atom stereocenters. The molecule has 0 radical (unpaired) electrons. The van der Waals surface area contributed by atoms with E-state index in [2.05, 4.69) is 56.6 Å². The second-order valence-corrected chi connectivity index (χ2v) is 8.45. The number of benzene rings is 1. The number of anilines is 1. The summed E-state index contributed by atoms with van der Waals surface area (Å²) in [5.41, 5.74) is 5.10. The van der Waals surface area contributed by atoms with E-state index in [4.69, 9.17) is 0 Å². The molecule has 4 aromatic rings. The normalized spacial score (nSPS) is 11.4. The number of carbonyl (C=O) groups is 1. The van der Waals surface area contributed by atoms with Crippen molar-refractivity contribution >= 4 is 28.2 Å². The first-order valence-electron chi connectivity index (χ1n) is 9.82. The second-order valence-electron chi connectivity index (χ2n) is 7.47. The lowest BCUT2D eigenvalue weighted by Gasteiger charge is -2.09.